The third kappa shape index (κ3) is 5.80. The number of rotatable bonds is 6. The average Bonchev–Trinajstić information content (AvgIpc) is 2.71. The van der Waals surface area contributed by atoms with Gasteiger partial charge in [-0.1, -0.05) is 34.6 Å². The van der Waals surface area contributed by atoms with Crippen LogP contribution in [0.5, 0.6) is 0 Å². The quantitative estimate of drug-likeness (QED) is 0.803. The van der Waals surface area contributed by atoms with E-state index in [9.17, 15) is 0 Å². The van der Waals surface area contributed by atoms with Gasteiger partial charge in [-0.15, -0.1) is 0 Å². The minimum Gasteiger partial charge on any atom is -0.372 e. The van der Waals surface area contributed by atoms with Gasteiger partial charge in [-0.3, -0.25) is 0 Å². The van der Waals surface area contributed by atoms with Crippen LogP contribution in [-0.2, 0) is 4.74 Å². The molecule has 1 N–H and O–H groups in total. The van der Waals surface area contributed by atoms with E-state index in [2.05, 4.69) is 58.8 Å². The summed E-state index contributed by atoms with van der Waals surface area (Å²) in [7, 11) is 2.22. The van der Waals surface area contributed by atoms with Crippen molar-refractivity contribution in [3.8, 4) is 0 Å². The monoisotopic (exact) mass is 270 g/mol. The molecule has 0 radical (unpaired) electrons. The maximum atomic E-state index is 6.14. The van der Waals surface area contributed by atoms with Crippen molar-refractivity contribution in [1.82, 2.24) is 10.2 Å². The van der Waals surface area contributed by atoms with E-state index in [4.69, 9.17) is 4.74 Å². The Hall–Kier alpha value is -0.120. The van der Waals surface area contributed by atoms with Crippen LogP contribution in [0.3, 0.4) is 0 Å². The molecule has 0 aromatic heterocycles. The SMILES string of the molecule is CC(C)NCC1CCC(CN(C)C(C)C(C)(C)C)O1. The van der Waals surface area contributed by atoms with Crippen molar-refractivity contribution in [2.45, 2.75) is 78.7 Å². The van der Waals surface area contributed by atoms with E-state index < -0.39 is 0 Å². The van der Waals surface area contributed by atoms with Gasteiger partial charge in [-0.2, -0.15) is 0 Å². The third-order valence-corrected chi connectivity index (χ3v) is 4.36. The fraction of sp³-hybridized carbons (Fsp3) is 1.00. The van der Waals surface area contributed by atoms with E-state index in [1.54, 1.807) is 0 Å². The zero-order valence-corrected chi connectivity index (χ0v) is 14.0. The van der Waals surface area contributed by atoms with Crippen molar-refractivity contribution in [2.75, 3.05) is 20.1 Å². The number of likely N-dealkylation sites (N-methyl/N-ethyl adjacent to an activating group) is 1. The van der Waals surface area contributed by atoms with E-state index in [1.165, 1.54) is 12.8 Å². The molecule has 0 bridgehead atoms. The van der Waals surface area contributed by atoms with Crippen molar-refractivity contribution >= 4 is 0 Å². The highest BCUT2D eigenvalue weighted by atomic mass is 16.5. The molecule has 3 heteroatoms. The van der Waals surface area contributed by atoms with Gasteiger partial charge in [0.25, 0.3) is 0 Å². The molecule has 114 valence electrons. The molecule has 1 aliphatic rings. The zero-order valence-electron chi connectivity index (χ0n) is 14.0. The molecule has 0 aliphatic carbocycles. The fourth-order valence-electron chi connectivity index (χ4n) is 2.57. The molecule has 0 aromatic rings. The molecule has 0 amide bonds. The Morgan fingerprint density at radius 2 is 1.74 bits per heavy atom. The minimum atomic E-state index is 0.325. The number of hydrogen-bond acceptors (Lipinski definition) is 3. The highest BCUT2D eigenvalue weighted by Crippen LogP contribution is 2.26. The van der Waals surface area contributed by atoms with Gasteiger partial charge in [-0.25, -0.2) is 0 Å². The Labute approximate surface area is 120 Å². The number of nitrogens with zero attached hydrogens (tertiary/aromatic N) is 1. The summed E-state index contributed by atoms with van der Waals surface area (Å²) in [6.07, 6.45) is 3.22. The van der Waals surface area contributed by atoms with Crippen LogP contribution in [0, 0.1) is 5.41 Å². The topological polar surface area (TPSA) is 24.5 Å². The Morgan fingerprint density at radius 1 is 1.16 bits per heavy atom. The Balaban J connectivity index is 2.32. The van der Waals surface area contributed by atoms with Gasteiger partial charge in [0, 0.05) is 25.2 Å². The summed E-state index contributed by atoms with van der Waals surface area (Å²) in [5.74, 6) is 0. The normalized spacial score (nSPS) is 26.4. The van der Waals surface area contributed by atoms with Crippen molar-refractivity contribution in [1.29, 1.82) is 0 Å². The lowest BCUT2D eigenvalue weighted by Crippen LogP contribution is -2.43. The van der Waals surface area contributed by atoms with Crippen molar-refractivity contribution in [2.24, 2.45) is 5.41 Å². The largest absolute Gasteiger partial charge is 0.372 e. The third-order valence-electron chi connectivity index (χ3n) is 4.36. The van der Waals surface area contributed by atoms with Gasteiger partial charge in [0.2, 0.25) is 0 Å². The summed E-state index contributed by atoms with van der Waals surface area (Å²) in [6.45, 7) is 15.6. The molecule has 1 fully saturated rings. The van der Waals surface area contributed by atoms with Crippen LogP contribution >= 0.6 is 0 Å². The first kappa shape index (κ1) is 16.9. The van der Waals surface area contributed by atoms with Crippen molar-refractivity contribution in [3.63, 3.8) is 0 Å². The van der Waals surface area contributed by atoms with Crippen LogP contribution in [0.1, 0.15) is 54.4 Å². The first-order valence-electron chi connectivity index (χ1n) is 7.79. The van der Waals surface area contributed by atoms with Gasteiger partial charge in [-0.05, 0) is 32.2 Å². The van der Waals surface area contributed by atoms with Gasteiger partial charge in [0.05, 0.1) is 12.2 Å². The summed E-state index contributed by atoms with van der Waals surface area (Å²) in [5.41, 5.74) is 0.325. The lowest BCUT2D eigenvalue weighted by Gasteiger charge is -2.36. The lowest BCUT2D eigenvalue weighted by atomic mass is 9.87. The smallest absolute Gasteiger partial charge is 0.0707 e. The molecule has 3 nitrogen and oxygen atoms in total. The van der Waals surface area contributed by atoms with Gasteiger partial charge < -0.3 is 15.0 Å². The molecule has 1 heterocycles. The summed E-state index contributed by atoms with van der Waals surface area (Å²) in [6, 6.07) is 1.12. The first-order valence-corrected chi connectivity index (χ1v) is 7.79. The number of hydrogen-bond donors (Lipinski definition) is 1. The van der Waals surface area contributed by atoms with Crippen LogP contribution in [0.25, 0.3) is 0 Å². The molecular formula is C16H34N2O. The maximum Gasteiger partial charge on any atom is 0.0707 e. The predicted molar refractivity (Wildman–Crippen MR) is 82.6 cm³/mol. The van der Waals surface area contributed by atoms with Crippen molar-refractivity contribution < 1.29 is 4.74 Å². The van der Waals surface area contributed by atoms with Gasteiger partial charge in [0.15, 0.2) is 0 Å². The Bertz CT molecular complexity index is 260. The molecule has 3 unspecified atom stereocenters. The van der Waals surface area contributed by atoms with E-state index in [-0.39, 0.29) is 0 Å². The summed E-state index contributed by atoms with van der Waals surface area (Å²) < 4.78 is 6.14. The second-order valence-electron chi connectivity index (χ2n) is 7.50. The molecule has 1 aliphatic heterocycles. The standard InChI is InChI=1S/C16H34N2O/c1-12(2)17-10-14-8-9-15(19-14)11-18(7)13(3)16(4,5)6/h12-15,17H,8-11H2,1-7H3. The van der Waals surface area contributed by atoms with E-state index in [0.717, 1.165) is 13.1 Å². The minimum absolute atomic E-state index is 0.325. The van der Waals surface area contributed by atoms with Gasteiger partial charge in [0.1, 0.15) is 0 Å². The van der Waals surface area contributed by atoms with Crippen LogP contribution in [0.4, 0.5) is 0 Å². The van der Waals surface area contributed by atoms with Crippen LogP contribution in [0.2, 0.25) is 0 Å². The lowest BCUT2D eigenvalue weighted by molar-refractivity contribution is 0.0104. The van der Waals surface area contributed by atoms with Gasteiger partial charge >= 0.3 is 0 Å². The summed E-state index contributed by atoms with van der Waals surface area (Å²) in [4.78, 5) is 2.45. The van der Waals surface area contributed by atoms with Crippen LogP contribution in [0.15, 0.2) is 0 Å². The van der Waals surface area contributed by atoms with E-state index in [1.807, 2.05) is 0 Å². The summed E-state index contributed by atoms with van der Waals surface area (Å²) in [5, 5.41) is 3.47. The van der Waals surface area contributed by atoms with Crippen LogP contribution < -0.4 is 5.32 Å². The fourth-order valence-corrected chi connectivity index (χ4v) is 2.57. The number of ether oxygens (including phenoxy) is 1. The molecule has 19 heavy (non-hydrogen) atoms. The Morgan fingerprint density at radius 3 is 2.26 bits per heavy atom. The number of nitrogens with one attached hydrogen (secondary N) is 1. The molecule has 3 atom stereocenters. The maximum absolute atomic E-state index is 6.14. The molecule has 0 aromatic carbocycles. The first-order chi connectivity index (χ1) is 8.70. The predicted octanol–water partition coefficient (Wildman–Crippen LogP) is 2.90. The summed E-state index contributed by atoms with van der Waals surface area (Å²) >= 11 is 0. The second kappa shape index (κ2) is 7.05. The van der Waals surface area contributed by atoms with E-state index in [0.29, 0.717) is 29.7 Å². The molecular weight excluding hydrogens is 236 g/mol. The zero-order chi connectivity index (χ0) is 14.6. The second-order valence-corrected chi connectivity index (χ2v) is 7.50. The van der Waals surface area contributed by atoms with Crippen LogP contribution in [-0.4, -0.2) is 49.3 Å². The van der Waals surface area contributed by atoms with E-state index >= 15 is 0 Å². The molecule has 1 rings (SSSR count). The highest BCUT2D eigenvalue weighted by Gasteiger charge is 2.30. The average molecular weight is 270 g/mol. The highest BCUT2D eigenvalue weighted by molar-refractivity contribution is 4.82. The Kier molecular flexibility index (Phi) is 6.28. The molecule has 1 saturated heterocycles. The molecule has 0 saturated carbocycles. The van der Waals surface area contributed by atoms with Crippen molar-refractivity contribution in [3.05, 3.63) is 0 Å². The molecule has 0 spiro atoms.